The predicted octanol–water partition coefficient (Wildman–Crippen LogP) is 2.46. The summed E-state index contributed by atoms with van der Waals surface area (Å²) in [6.07, 6.45) is 1.73. The number of fused-ring (bicyclic) bond motifs is 1. The Kier molecular flexibility index (Phi) is 3.26. The third-order valence-corrected chi connectivity index (χ3v) is 4.85. The molecule has 1 fully saturated rings. The molecule has 0 aliphatic carbocycles. The van der Waals surface area contributed by atoms with Gasteiger partial charge in [0.25, 0.3) is 5.91 Å². The first-order valence-corrected chi connectivity index (χ1v) is 7.70. The number of nitrogens with zero attached hydrogens (tertiary/aromatic N) is 3. The number of thiophene rings is 1. The summed E-state index contributed by atoms with van der Waals surface area (Å²) in [5.41, 5.74) is 0.431. The van der Waals surface area contributed by atoms with Crippen LogP contribution in [0, 0.1) is 0 Å². The molecule has 1 aliphatic heterocycles. The van der Waals surface area contributed by atoms with Crippen molar-refractivity contribution >= 4 is 27.3 Å². The minimum absolute atomic E-state index is 0.0520. The summed E-state index contributed by atoms with van der Waals surface area (Å²) in [5.74, 6) is 0.0520. The normalized spacial score (nSPS) is 19.4. The standard InChI is InChI=1S/C15H19N3OS/c1-15(2)10-17(3)7-8-18(15)14(19)12-13-11(4-6-16-12)5-9-20-13/h4-6,9H,7-8,10H2,1-3H3. The molecule has 3 heterocycles. The van der Waals surface area contributed by atoms with Crippen LogP contribution in [0.15, 0.2) is 23.7 Å². The first kappa shape index (κ1) is 13.5. The second-order valence-corrected chi connectivity index (χ2v) is 6.92. The number of likely N-dealkylation sites (N-methyl/N-ethyl adjacent to an activating group) is 1. The van der Waals surface area contributed by atoms with E-state index in [1.165, 1.54) is 0 Å². The van der Waals surface area contributed by atoms with Gasteiger partial charge in [-0.2, -0.15) is 0 Å². The third-order valence-electron chi connectivity index (χ3n) is 3.91. The van der Waals surface area contributed by atoms with Gasteiger partial charge in [0, 0.05) is 25.8 Å². The minimum atomic E-state index is -0.162. The summed E-state index contributed by atoms with van der Waals surface area (Å²) in [4.78, 5) is 21.5. The van der Waals surface area contributed by atoms with Gasteiger partial charge in [0.2, 0.25) is 0 Å². The topological polar surface area (TPSA) is 36.4 Å². The van der Waals surface area contributed by atoms with Crippen molar-refractivity contribution in [2.24, 2.45) is 0 Å². The molecule has 0 saturated carbocycles. The van der Waals surface area contributed by atoms with Gasteiger partial charge in [0.05, 0.1) is 10.2 Å². The molecule has 5 heteroatoms. The van der Waals surface area contributed by atoms with E-state index >= 15 is 0 Å². The fourth-order valence-corrected chi connectivity index (χ4v) is 3.82. The van der Waals surface area contributed by atoms with Crippen LogP contribution in [0.25, 0.3) is 10.1 Å². The highest BCUT2D eigenvalue weighted by Gasteiger charge is 2.36. The lowest BCUT2D eigenvalue weighted by atomic mass is 9.98. The summed E-state index contributed by atoms with van der Waals surface area (Å²) in [7, 11) is 2.10. The minimum Gasteiger partial charge on any atom is -0.330 e. The van der Waals surface area contributed by atoms with Gasteiger partial charge in [0.1, 0.15) is 5.69 Å². The molecule has 1 saturated heterocycles. The summed E-state index contributed by atoms with van der Waals surface area (Å²) in [5, 5.41) is 3.11. The van der Waals surface area contributed by atoms with Crippen molar-refractivity contribution in [3.05, 3.63) is 29.4 Å². The molecule has 2 aromatic heterocycles. The molecule has 1 aliphatic rings. The first-order chi connectivity index (χ1) is 9.49. The lowest BCUT2D eigenvalue weighted by Gasteiger charge is -2.46. The summed E-state index contributed by atoms with van der Waals surface area (Å²) >= 11 is 1.59. The van der Waals surface area contributed by atoms with Crippen molar-refractivity contribution in [1.29, 1.82) is 0 Å². The van der Waals surface area contributed by atoms with Crippen LogP contribution in [-0.2, 0) is 0 Å². The molecule has 3 rings (SSSR count). The van der Waals surface area contributed by atoms with Gasteiger partial charge in [-0.15, -0.1) is 11.3 Å². The quantitative estimate of drug-likeness (QED) is 0.809. The largest absolute Gasteiger partial charge is 0.330 e. The van der Waals surface area contributed by atoms with Gasteiger partial charge < -0.3 is 9.80 Å². The van der Waals surface area contributed by atoms with Gasteiger partial charge >= 0.3 is 0 Å². The number of hydrogen-bond donors (Lipinski definition) is 0. The first-order valence-electron chi connectivity index (χ1n) is 6.82. The molecule has 0 spiro atoms. The second kappa shape index (κ2) is 4.82. The third kappa shape index (κ3) is 2.21. The number of rotatable bonds is 1. The van der Waals surface area contributed by atoms with Crippen molar-refractivity contribution in [3.63, 3.8) is 0 Å². The zero-order valence-electron chi connectivity index (χ0n) is 12.1. The molecule has 0 N–H and O–H groups in total. The number of carbonyl (C=O) groups is 1. The van der Waals surface area contributed by atoms with Gasteiger partial charge in [0.15, 0.2) is 0 Å². The van der Waals surface area contributed by atoms with Crippen molar-refractivity contribution in [1.82, 2.24) is 14.8 Å². The number of hydrogen-bond acceptors (Lipinski definition) is 4. The van der Waals surface area contributed by atoms with E-state index in [0.29, 0.717) is 5.69 Å². The van der Waals surface area contributed by atoms with Crippen LogP contribution in [-0.4, -0.2) is 52.9 Å². The molecule has 106 valence electrons. The Morgan fingerprint density at radius 1 is 1.35 bits per heavy atom. The highest BCUT2D eigenvalue weighted by Crippen LogP contribution is 2.27. The van der Waals surface area contributed by atoms with E-state index in [0.717, 1.165) is 29.7 Å². The van der Waals surface area contributed by atoms with Crippen LogP contribution < -0.4 is 0 Å². The highest BCUT2D eigenvalue weighted by molar-refractivity contribution is 7.17. The van der Waals surface area contributed by atoms with Crippen LogP contribution in [0.3, 0.4) is 0 Å². The van der Waals surface area contributed by atoms with Crippen molar-refractivity contribution in [2.45, 2.75) is 19.4 Å². The monoisotopic (exact) mass is 289 g/mol. The number of amides is 1. The Hall–Kier alpha value is -1.46. The van der Waals surface area contributed by atoms with Gasteiger partial charge in [-0.1, -0.05) is 0 Å². The lowest BCUT2D eigenvalue weighted by Crippen LogP contribution is -2.60. The molecule has 0 bridgehead atoms. The molecule has 1 amide bonds. The average molecular weight is 289 g/mol. The van der Waals surface area contributed by atoms with Gasteiger partial charge in [-0.3, -0.25) is 4.79 Å². The Balaban J connectivity index is 1.98. The zero-order valence-corrected chi connectivity index (χ0v) is 12.9. The van der Waals surface area contributed by atoms with E-state index in [1.807, 2.05) is 22.4 Å². The Morgan fingerprint density at radius 2 is 2.15 bits per heavy atom. The van der Waals surface area contributed by atoms with Crippen molar-refractivity contribution in [2.75, 3.05) is 26.7 Å². The molecule has 0 atom stereocenters. The Morgan fingerprint density at radius 3 is 2.90 bits per heavy atom. The van der Waals surface area contributed by atoms with E-state index in [9.17, 15) is 4.79 Å². The molecule has 20 heavy (non-hydrogen) atoms. The lowest BCUT2D eigenvalue weighted by molar-refractivity contribution is 0.0245. The number of aromatic nitrogens is 1. The SMILES string of the molecule is CN1CCN(C(=O)c2nccc3ccsc23)C(C)(C)C1. The summed E-state index contributed by atoms with van der Waals surface area (Å²) in [6, 6.07) is 3.99. The van der Waals surface area contributed by atoms with E-state index in [-0.39, 0.29) is 11.4 Å². The molecule has 4 nitrogen and oxygen atoms in total. The molecule has 2 aromatic rings. The average Bonchev–Trinajstić information content (AvgIpc) is 2.84. The fourth-order valence-electron chi connectivity index (χ4n) is 2.95. The van der Waals surface area contributed by atoms with Gasteiger partial charge in [-0.25, -0.2) is 4.98 Å². The van der Waals surface area contributed by atoms with Crippen LogP contribution in [0.2, 0.25) is 0 Å². The number of piperazine rings is 1. The molecule has 0 unspecified atom stereocenters. The van der Waals surface area contributed by atoms with Gasteiger partial charge in [-0.05, 0) is 43.8 Å². The predicted molar refractivity (Wildman–Crippen MR) is 82.2 cm³/mol. The van der Waals surface area contributed by atoms with E-state index in [4.69, 9.17) is 0 Å². The maximum Gasteiger partial charge on any atom is 0.274 e. The molecule has 0 radical (unpaired) electrons. The summed E-state index contributed by atoms with van der Waals surface area (Å²) in [6.45, 7) is 6.80. The van der Waals surface area contributed by atoms with E-state index < -0.39 is 0 Å². The zero-order chi connectivity index (χ0) is 14.3. The smallest absolute Gasteiger partial charge is 0.274 e. The Labute approximate surface area is 123 Å². The maximum absolute atomic E-state index is 12.9. The second-order valence-electron chi connectivity index (χ2n) is 6.01. The van der Waals surface area contributed by atoms with Crippen LogP contribution in [0.5, 0.6) is 0 Å². The molecular weight excluding hydrogens is 270 g/mol. The maximum atomic E-state index is 12.9. The highest BCUT2D eigenvalue weighted by atomic mass is 32.1. The molecular formula is C15H19N3OS. The van der Waals surface area contributed by atoms with Crippen LogP contribution >= 0.6 is 11.3 Å². The number of carbonyl (C=O) groups excluding carboxylic acids is 1. The van der Waals surface area contributed by atoms with Crippen molar-refractivity contribution in [3.8, 4) is 0 Å². The molecule has 0 aromatic carbocycles. The number of pyridine rings is 1. The van der Waals surface area contributed by atoms with Crippen molar-refractivity contribution < 1.29 is 4.79 Å². The van der Waals surface area contributed by atoms with Crippen LogP contribution in [0.1, 0.15) is 24.3 Å². The van der Waals surface area contributed by atoms with E-state index in [1.54, 1.807) is 17.5 Å². The summed E-state index contributed by atoms with van der Waals surface area (Å²) < 4.78 is 0.993. The van der Waals surface area contributed by atoms with Crippen LogP contribution in [0.4, 0.5) is 0 Å². The van der Waals surface area contributed by atoms with E-state index in [2.05, 4.69) is 30.8 Å². The Bertz CT molecular complexity index is 649. The fraction of sp³-hybridized carbons (Fsp3) is 0.467.